The summed E-state index contributed by atoms with van der Waals surface area (Å²) in [7, 11) is -6.90. The maximum absolute atomic E-state index is 13.6. The van der Waals surface area contributed by atoms with E-state index in [0.29, 0.717) is 12.8 Å². The van der Waals surface area contributed by atoms with Crippen LogP contribution in [0.15, 0.2) is 84.9 Å². The van der Waals surface area contributed by atoms with E-state index in [4.69, 9.17) is 22.8 Å². The minimum absolute atomic E-state index is 0.0855. The van der Waals surface area contributed by atoms with E-state index in [1.54, 1.807) is 0 Å². The van der Waals surface area contributed by atoms with Crippen LogP contribution in [0, 0.1) is 0 Å². The number of carbonyl (C=O) groups excluding carboxylic acids is 2. The van der Waals surface area contributed by atoms with Gasteiger partial charge in [-0.3, -0.25) is 14.1 Å². The van der Waals surface area contributed by atoms with E-state index in [9.17, 15) is 22.6 Å². The van der Waals surface area contributed by atoms with Gasteiger partial charge in [0.15, 0.2) is 21.4 Å². The Morgan fingerprint density at radius 3 is 1.70 bits per heavy atom. The third kappa shape index (κ3) is 17.3. The number of carbonyl (C=O) groups is 2. The molecule has 1 aliphatic heterocycles. The Hall–Kier alpha value is -3.69. The lowest BCUT2D eigenvalue weighted by atomic mass is 9.96. The first kappa shape index (κ1) is 50.3. The molecule has 5 atom stereocenters. The average Bonchev–Trinajstić information content (AvgIpc) is 3.23. The molecule has 0 saturated carbocycles. The molecule has 1 fully saturated rings. The number of esters is 1. The summed E-state index contributed by atoms with van der Waals surface area (Å²) in [6.07, 6.45) is 8.56. The predicted molar refractivity (Wildman–Crippen MR) is 253 cm³/mol. The van der Waals surface area contributed by atoms with Crippen LogP contribution in [-0.4, -0.2) is 76.7 Å². The van der Waals surface area contributed by atoms with Gasteiger partial charge in [-0.1, -0.05) is 136 Å². The number of amides is 1. The first-order valence-electron chi connectivity index (χ1n) is 23.2. The monoisotopic (exact) mass is 905 g/mol. The van der Waals surface area contributed by atoms with Gasteiger partial charge in [0, 0.05) is 12.8 Å². The Morgan fingerprint density at radius 1 is 0.683 bits per heavy atom. The van der Waals surface area contributed by atoms with Crippen LogP contribution in [0.2, 0.25) is 13.1 Å². The second-order valence-corrected chi connectivity index (χ2v) is 21.6. The van der Waals surface area contributed by atoms with Gasteiger partial charge >= 0.3 is 16.4 Å². The van der Waals surface area contributed by atoms with Crippen LogP contribution in [0.25, 0.3) is 21.5 Å². The Kier molecular flexibility index (Phi) is 20.1. The summed E-state index contributed by atoms with van der Waals surface area (Å²) in [5.74, 6) is -0.882. The van der Waals surface area contributed by atoms with Crippen LogP contribution in [-0.2, 0) is 55.6 Å². The lowest BCUT2D eigenvalue weighted by molar-refractivity contribution is -0.254. The molecule has 63 heavy (non-hydrogen) atoms. The van der Waals surface area contributed by atoms with Crippen molar-refractivity contribution >= 4 is 52.9 Å². The first-order chi connectivity index (χ1) is 30.2. The minimum atomic E-state index is -5.06. The number of unbranched alkanes of at least 4 members (excludes halogenated alkanes) is 10. The maximum Gasteiger partial charge on any atom is 0.397 e. The molecule has 0 bridgehead atoms. The molecule has 11 nitrogen and oxygen atoms in total. The number of nitrogens with one attached hydrogen (secondary N) is 1. The molecule has 1 aliphatic rings. The quantitative estimate of drug-likeness (QED) is 0.0270. The molecule has 4 aromatic rings. The molecule has 346 valence electrons. The van der Waals surface area contributed by atoms with Gasteiger partial charge in [0.25, 0.3) is 0 Å². The van der Waals surface area contributed by atoms with E-state index < -0.39 is 61.7 Å². The number of hydrogen-bond acceptors (Lipinski definition) is 9. The molecule has 0 spiro atoms. The smallest absolute Gasteiger partial charge is 0.397 e. The topological polar surface area (TPSA) is 147 Å². The summed E-state index contributed by atoms with van der Waals surface area (Å²) in [6, 6.07) is 28.8. The van der Waals surface area contributed by atoms with Gasteiger partial charge in [0.2, 0.25) is 5.91 Å². The van der Waals surface area contributed by atoms with Gasteiger partial charge in [-0.25, -0.2) is 4.18 Å². The number of aryl methyl sites for hydroxylation is 2. The van der Waals surface area contributed by atoms with E-state index in [1.165, 1.54) is 32.7 Å². The second-order valence-electron chi connectivity index (χ2n) is 18.2. The van der Waals surface area contributed by atoms with Gasteiger partial charge < -0.3 is 24.0 Å². The molecule has 0 aromatic heterocycles. The molecule has 0 aliphatic carbocycles. The van der Waals surface area contributed by atoms with Crippen LogP contribution >= 0.6 is 0 Å². The van der Waals surface area contributed by atoms with E-state index in [-0.39, 0.29) is 25.4 Å². The minimum Gasteiger partial charge on any atom is -0.457 e. The summed E-state index contributed by atoms with van der Waals surface area (Å²) in [6.45, 7) is 9.23. The summed E-state index contributed by atoms with van der Waals surface area (Å²) in [5.41, 5.74) is 2.09. The Labute approximate surface area is 377 Å². The molecule has 1 heterocycles. The largest absolute Gasteiger partial charge is 0.457 e. The number of benzene rings is 4. The zero-order valence-electron chi connectivity index (χ0n) is 38.1. The van der Waals surface area contributed by atoms with Gasteiger partial charge in [-0.2, -0.15) is 8.42 Å². The Morgan fingerprint density at radius 2 is 1.17 bits per heavy atom. The summed E-state index contributed by atoms with van der Waals surface area (Å²) < 4.78 is 64.4. The van der Waals surface area contributed by atoms with Crippen LogP contribution in [0.5, 0.6) is 0 Å². The maximum atomic E-state index is 13.6. The molecule has 5 rings (SSSR count). The van der Waals surface area contributed by atoms with Crippen molar-refractivity contribution in [1.29, 1.82) is 0 Å². The molecule has 2 N–H and O–H groups in total. The summed E-state index contributed by atoms with van der Waals surface area (Å²) in [4.78, 5) is 27.1. The highest BCUT2D eigenvalue weighted by atomic mass is 32.3. The van der Waals surface area contributed by atoms with Crippen LogP contribution in [0.4, 0.5) is 0 Å². The lowest BCUT2D eigenvalue weighted by Crippen LogP contribution is -2.67. The van der Waals surface area contributed by atoms with Crippen molar-refractivity contribution in [2.45, 2.75) is 173 Å². The molecule has 0 radical (unpaired) electrons. The first-order valence-corrected chi connectivity index (χ1v) is 27.3. The van der Waals surface area contributed by atoms with Gasteiger partial charge in [-0.15, -0.1) is 0 Å². The van der Waals surface area contributed by atoms with E-state index in [0.717, 1.165) is 77.0 Å². The molecule has 4 aromatic carbocycles. The van der Waals surface area contributed by atoms with Gasteiger partial charge in [-0.05, 0) is 105 Å². The molecule has 1 amide bonds. The van der Waals surface area contributed by atoms with Crippen LogP contribution in [0.1, 0.15) is 122 Å². The molecule has 13 heteroatoms. The van der Waals surface area contributed by atoms with Crippen molar-refractivity contribution in [1.82, 2.24) is 5.32 Å². The average molecular weight is 906 g/mol. The Balaban J connectivity index is 1.14. The van der Waals surface area contributed by atoms with E-state index in [1.807, 2.05) is 33.9 Å². The zero-order valence-corrected chi connectivity index (χ0v) is 40.1. The Bertz CT molecular complexity index is 2130. The third-order valence-corrected chi connectivity index (χ3v) is 12.8. The SMILES string of the molecule is C[SiH](C)OC1O[C@H](COC(C)(C)C)[C@@H](OS(=O)(=O)O)[C@H](OC(=O)CCCCCCCCc2cccc3ccccc23)[C@H]1NC(=O)CCCCCCCCc1cccc2ccccc12. The fraction of sp³-hybridized carbons (Fsp3) is 0.560. The molecule has 1 saturated heterocycles. The van der Waals surface area contributed by atoms with Crippen LogP contribution in [0.3, 0.4) is 0 Å². The van der Waals surface area contributed by atoms with Crippen molar-refractivity contribution in [3.63, 3.8) is 0 Å². The third-order valence-electron chi connectivity index (χ3n) is 11.5. The highest BCUT2D eigenvalue weighted by molar-refractivity contribution is 7.80. The van der Waals surface area contributed by atoms with Crippen molar-refractivity contribution in [3.8, 4) is 0 Å². The number of hydrogen-bond donors (Lipinski definition) is 2. The van der Waals surface area contributed by atoms with Gasteiger partial charge in [0.1, 0.15) is 18.2 Å². The van der Waals surface area contributed by atoms with Crippen LogP contribution < -0.4 is 5.32 Å². The number of ether oxygens (including phenoxy) is 3. The van der Waals surface area contributed by atoms with E-state index in [2.05, 4.69) is 90.2 Å². The van der Waals surface area contributed by atoms with Crippen molar-refractivity contribution in [3.05, 3.63) is 96.1 Å². The fourth-order valence-electron chi connectivity index (χ4n) is 8.39. The lowest BCUT2D eigenvalue weighted by Gasteiger charge is -2.46. The molecular weight excluding hydrogens is 835 g/mol. The summed E-state index contributed by atoms with van der Waals surface area (Å²) >= 11 is 0. The van der Waals surface area contributed by atoms with Crippen molar-refractivity contribution in [2.75, 3.05) is 6.61 Å². The summed E-state index contributed by atoms with van der Waals surface area (Å²) in [5, 5.41) is 8.09. The van der Waals surface area contributed by atoms with E-state index >= 15 is 0 Å². The van der Waals surface area contributed by atoms with Crippen molar-refractivity contribution < 1.29 is 45.4 Å². The predicted octanol–water partition coefficient (Wildman–Crippen LogP) is 10.4. The molecule has 1 unspecified atom stereocenters. The standard InChI is InChI=1S/C50H71NO10SSi/c1-50(2,3)57-36-43-47(60-62(54,55)56)48(59-45(53)35-17-13-9-7-11-15-25-38-29-23-31-40-27-19-21-33-42(38)40)46(49(58-43)61-63(4)5)51-44(52)34-16-12-8-6-10-14-24-37-28-22-30-39-26-18-20-32-41(37)39/h18-23,26-33,43,46-49,63H,6-17,24-25,34-36H2,1-5H3,(H,51,52)(H,54,55,56)/t43-,46-,47-,48-,49?/m1/s1. The second kappa shape index (κ2) is 25.1. The molecular formula is C50H71NO10SSi. The zero-order chi connectivity index (χ0) is 45.2. The highest BCUT2D eigenvalue weighted by Crippen LogP contribution is 2.31. The van der Waals surface area contributed by atoms with Gasteiger partial charge in [0.05, 0.1) is 12.2 Å². The number of fused-ring (bicyclic) bond motifs is 2. The van der Waals surface area contributed by atoms with Crippen molar-refractivity contribution in [2.24, 2.45) is 0 Å². The number of rotatable bonds is 26. The normalized spacial score (nSPS) is 19.4. The highest BCUT2D eigenvalue weighted by Gasteiger charge is 2.52. The fourth-order valence-corrected chi connectivity index (χ4v) is 9.68.